The second-order valence-electron chi connectivity index (χ2n) is 11.6. The quantitative estimate of drug-likeness (QED) is 0.345. The number of hydrogen-bond donors (Lipinski definition) is 5. The summed E-state index contributed by atoms with van der Waals surface area (Å²) in [4.78, 5) is 43.2. The minimum atomic E-state index is -2.67. The number of aryl methyl sites for hydroxylation is 1. The number of primary amides is 1. The number of hydrogen-bond acceptors (Lipinski definition) is 9. The van der Waals surface area contributed by atoms with E-state index in [0.29, 0.717) is 22.4 Å². The van der Waals surface area contributed by atoms with E-state index in [1.54, 1.807) is 14.1 Å². The Bertz CT molecular complexity index is 1550. The molecule has 0 heterocycles. The summed E-state index contributed by atoms with van der Waals surface area (Å²) in [6.07, 6.45) is 1.11. The van der Waals surface area contributed by atoms with Gasteiger partial charge in [0.2, 0.25) is 5.78 Å². The highest BCUT2D eigenvalue weighted by Gasteiger charge is 2.63. The number of carbonyl (C=O) groups excluding carboxylic acids is 3. The summed E-state index contributed by atoms with van der Waals surface area (Å²) in [5.41, 5.74) is 5.26. The fourth-order valence-electron chi connectivity index (χ4n) is 6.84. The number of phenolic OH excluding ortho intramolecular Hbond substituents is 1. The zero-order valence-corrected chi connectivity index (χ0v) is 23.7. The maximum atomic E-state index is 14.2. The largest absolute Gasteiger partial charge is 0.510 e. The zero-order chi connectivity index (χ0) is 30.1. The number of amides is 1. The van der Waals surface area contributed by atoms with Crippen LogP contribution in [-0.4, -0.2) is 82.6 Å². The van der Waals surface area contributed by atoms with E-state index >= 15 is 0 Å². The Balaban J connectivity index is 1.74. The molecule has 0 saturated carbocycles. The third-order valence-corrected chi connectivity index (χ3v) is 8.85. The number of Topliss-reactive ketones (excluding diaryl/α,β-unsaturated/α-hetero) is 2. The Morgan fingerprint density at radius 3 is 2.24 bits per heavy atom. The first-order valence-electron chi connectivity index (χ1n) is 13.6. The second kappa shape index (κ2) is 9.74. The number of aliphatic hydroxyl groups is 3. The number of phenols is 1. The molecule has 10 nitrogen and oxygen atoms in total. The molecule has 3 aliphatic carbocycles. The number of fused-ring (bicyclic) bond motifs is 3. The Morgan fingerprint density at radius 2 is 1.71 bits per heavy atom. The maximum Gasteiger partial charge on any atom is 0.255 e. The summed E-state index contributed by atoms with van der Waals surface area (Å²) in [7, 11) is 6.87. The maximum absolute atomic E-state index is 14.2. The number of likely N-dealkylation sites (N-methyl/N-ethyl adjacent to an activating group) is 1. The smallest absolute Gasteiger partial charge is 0.255 e. The normalized spacial score (nSPS) is 25.7. The molecule has 0 aliphatic heterocycles. The average molecular weight is 562 g/mol. The Labute approximate surface area is 238 Å². The predicted octanol–water partition coefficient (Wildman–Crippen LogP) is 2.42. The van der Waals surface area contributed by atoms with Crippen molar-refractivity contribution in [2.75, 3.05) is 33.1 Å². The van der Waals surface area contributed by atoms with Gasteiger partial charge in [-0.15, -0.1) is 0 Å². The minimum Gasteiger partial charge on any atom is -0.510 e. The van der Waals surface area contributed by atoms with E-state index in [2.05, 4.69) is 0 Å². The van der Waals surface area contributed by atoms with Gasteiger partial charge in [-0.1, -0.05) is 31.2 Å². The van der Waals surface area contributed by atoms with Gasteiger partial charge >= 0.3 is 0 Å². The molecule has 3 aliphatic rings. The van der Waals surface area contributed by atoms with Gasteiger partial charge in [-0.2, -0.15) is 0 Å². The van der Waals surface area contributed by atoms with Crippen LogP contribution >= 0.6 is 0 Å². The van der Waals surface area contributed by atoms with Crippen molar-refractivity contribution in [1.29, 1.82) is 0 Å². The van der Waals surface area contributed by atoms with Gasteiger partial charge in [-0.05, 0) is 62.0 Å². The molecule has 4 atom stereocenters. The molecule has 0 spiro atoms. The fourth-order valence-corrected chi connectivity index (χ4v) is 6.84. The molecule has 2 aromatic carbocycles. The number of ketones is 2. The van der Waals surface area contributed by atoms with Crippen molar-refractivity contribution in [1.82, 2.24) is 4.90 Å². The third-order valence-electron chi connectivity index (χ3n) is 8.85. The monoisotopic (exact) mass is 561 g/mol. The van der Waals surface area contributed by atoms with Crippen molar-refractivity contribution in [3.8, 4) is 16.9 Å². The van der Waals surface area contributed by atoms with Gasteiger partial charge in [0.15, 0.2) is 11.4 Å². The molecule has 10 heteroatoms. The van der Waals surface area contributed by atoms with Crippen LogP contribution in [0.25, 0.3) is 11.1 Å². The van der Waals surface area contributed by atoms with E-state index in [0.717, 1.165) is 12.0 Å². The number of nitrogens with two attached hydrogens (primary N) is 1. The van der Waals surface area contributed by atoms with Crippen LogP contribution in [0.3, 0.4) is 0 Å². The summed E-state index contributed by atoms with van der Waals surface area (Å²) in [6, 6.07) is 8.43. The van der Waals surface area contributed by atoms with Crippen LogP contribution in [0, 0.1) is 11.8 Å². The molecule has 41 heavy (non-hydrogen) atoms. The predicted molar refractivity (Wildman–Crippen MR) is 153 cm³/mol. The summed E-state index contributed by atoms with van der Waals surface area (Å²) >= 11 is 0. The van der Waals surface area contributed by atoms with Crippen molar-refractivity contribution in [3.63, 3.8) is 0 Å². The first-order chi connectivity index (χ1) is 19.2. The lowest BCUT2D eigenvalue weighted by Crippen LogP contribution is -2.63. The van der Waals surface area contributed by atoms with Crippen molar-refractivity contribution in [3.05, 3.63) is 69.7 Å². The number of aromatic hydroxyl groups is 1. The molecule has 1 amide bonds. The van der Waals surface area contributed by atoms with Crippen molar-refractivity contribution in [2.45, 2.75) is 37.8 Å². The first kappa shape index (κ1) is 28.4. The number of allylic oxidation sites excluding steroid dienone is 1. The number of anilines is 1. The number of rotatable bonds is 5. The first-order valence-corrected chi connectivity index (χ1v) is 13.6. The molecule has 0 saturated heterocycles. The number of nitrogens with zero attached hydrogens (tertiary/aromatic N) is 2. The highest BCUT2D eigenvalue weighted by molar-refractivity contribution is 6.25. The third kappa shape index (κ3) is 3.96. The van der Waals surface area contributed by atoms with Crippen molar-refractivity contribution in [2.24, 2.45) is 17.6 Å². The SMILES string of the molecule is CCc1ccc(-c2cc(N(C)C)c3c(c2O)C(=O)C2=C(O)[C@]4(O)C(=O)C(C(N)=O)=C(O)[C@@H](N(C)C)C4C[C@@H]2C3)cc1. The van der Waals surface area contributed by atoms with Crippen LogP contribution in [0.4, 0.5) is 5.69 Å². The van der Waals surface area contributed by atoms with Gasteiger partial charge in [0, 0.05) is 36.8 Å². The van der Waals surface area contributed by atoms with Gasteiger partial charge in [-0.3, -0.25) is 19.3 Å². The van der Waals surface area contributed by atoms with Crippen LogP contribution in [0.5, 0.6) is 5.75 Å². The van der Waals surface area contributed by atoms with Gasteiger partial charge in [0.05, 0.1) is 11.6 Å². The van der Waals surface area contributed by atoms with Crippen molar-refractivity contribution < 1.29 is 34.8 Å². The molecule has 5 rings (SSSR count). The molecule has 0 bridgehead atoms. The highest BCUT2D eigenvalue weighted by Crippen LogP contribution is 2.54. The van der Waals surface area contributed by atoms with Gasteiger partial charge in [0.25, 0.3) is 5.91 Å². The molecule has 6 N–H and O–H groups in total. The van der Waals surface area contributed by atoms with Gasteiger partial charge in [0.1, 0.15) is 22.8 Å². The molecular weight excluding hydrogens is 526 g/mol. The van der Waals surface area contributed by atoms with E-state index in [-0.39, 0.29) is 29.7 Å². The van der Waals surface area contributed by atoms with E-state index in [1.165, 1.54) is 4.90 Å². The number of benzene rings is 2. The standard InChI is InChI=1S/C31H35N3O7/c1-6-14-7-9-15(10-8-14)17-13-20(33(2)3)18-11-16-12-19-24(34(4)5)27(37)23(30(32)40)29(39)31(19,41)28(38)21(16)26(36)22(18)25(17)35/h7-10,13,16,19,24,35,37-38,41H,6,11-12H2,1-5H3,(H2,32,40)/t16-,19?,24-,31-/m0/s1. The lowest BCUT2D eigenvalue weighted by molar-refractivity contribution is -0.148. The summed E-state index contributed by atoms with van der Waals surface area (Å²) in [5.74, 6) is -6.64. The molecule has 0 fully saturated rings. The average Bonchev–Trinajstić information content (AvgIpc) is 2.90. The lowest BCUT2D eigenvalue weighted by Gasteiger charge is -2.50. The molecule has 0 radical (unpaired) electrons. The molecule has 1 unspecified atom stereocenters. The van der Waals surface area contributed by atoms with E-state index in [1.807, 2.05) is 56.3 Å². The van der Waals surface area contributed by atoms with Crippen LogP contribution in [-0.2, 0) is 22.4 Å². The van der Waals surface area contributed by atoms with E-state index < -0.39 is 58.0 Å². The molecular formula is C31H35N3O7. The van der Waals surface area contributed by atoms with Crippen LogP contribution in [0.2, 0.25) is 0 Å². The fraction of sp³-hybridized carbons (Fsp3) is 0.387. The highest BCUT2D eigenvalue weighted by atomic mass is 16.3. The number of carbonyl (C=O) groups is 3. The van der Waals surface area contributed by atoms with Crippen molar-refractivity contribution >= 4 is 23.2 Å². The van der Waals surface area contributed by atoms with Crippen LogP contribution in [0.15, 0.2) is 53.0 Å². The van der Waals surface area contributed by atoms with E-state index in [9.17, 15) is 34.8 Å². The summed E-state index contributed by atoms with van der Waals surface area (Å²) < 4.78 is 0. The second-order valence-corrected chi connectivity index (χ2v) is 11.6. The van der Waals surface area contributed by atoms with Crippen LogP contribution < -0.4 is 10.6 Å². The van der Waals surface area contributed by atoms with E-state index in [4.69, 9.17) is 5.73 Å². The topological polar surface area (TPSA) is 165 Å². The molecule has 216 valence electrons. The van der Waals surface area contributed by atoms with Gasteiger partial charge < -0.3 is 31.1 Å². The molecule has 2 aromatic rings. The van der Waals surface area contributed by atoms with Gasteiger partial charge in [-0.25, -0.2) is 0 Å². The summed E-state index contributed by atoms with van der Waals surface area (Å²) in [5, 5.41) is 45.8. The molecule has 0 aromatic heterocycles. The Morgan fingerprint density at radius 1 is 1.07 bits per heavy atom. The summed E-state index contributed by atoms with van der Waals surface area (Å²) in [6.45, 7) is 2.04. The number of aliphatic hydroxyl groups excluding tert-OH is 2. The Kier molecular flexibility index (Phi) is 6.74. The Hall–Kier alpha value is -4.15. The van der Waals surface area contributed by atoms with Crippen LogP contribution in [0.1, 0.15) is 34.8 Å². The lowest BCUT2D eigenvalue weighted by atomic mass is 9.58. The zero-order valence-electron chi connectivity index (χ0n) is 23.7. The minimum absolute atomic E-state index is 0.00782.